The van der Waals surface area contributed by atoms with Crippen molar-refractivity contribution < 1.29 is 0 Å². The molecule has 1 heterocycles. The fraction of sp³-hybridized carbons (Fsp3) is 0.571. The molecular formula is C14H20N2. The standard InChI is InChI=1S/C14H20N2/c1-10-7-13-12(3-2-4-14(13)15)9-16(10)8-11-5-6-11/h2-4,10-11H,5-9,15H2,1H3. The molecule has 1 unspecified atom stereocenters. The van der Waals surface area contributed by atoms with Gasteiger partial charge < -0.3 is 5.73 Å². The molecule has 1 fully saturated rings. The van der Waals surface area contributed by atoms with Crippen LogP contribution in [0.2, 0.25) is 0 Å². The molecule has 1 aliphatic heterocycles. The Kier molecular flexibility index (Phi) is 2.40. The number of fused-ring (bicyclic) bond motifs is 1. The van der Waals surface area contributed by atoms with Gasteiger partial charge >= 0.3 is 0 Å². The van der Waals surface area contributed by atoms with E-state index in [1.54, 1.807) is 0 Å². The molecule has 3 rings (SSSR count). The Balaban J connectivity index is 1.83. The predicted octanol–water partition coefficient (Wildman–Crippen LogP) is 2.43. The number of hydrogen-bond donors (Lipinski definition) is 1. The van der Waals surface area contributed by atoms with Crippen LogP contribution >= 0.6 is 0 Å². The van der Waals surface area contributed by atoms with Gasteiger partial charge in [-0.2, -0.15) is 0 Å². The van der Waals surface area contributed by atoms with Crippen LogP contribution in [-0.2, 0) is 13.0 Å². The monoisotopic (exact) mass is 216 g/mol. The highest BCUT2D eigenvalue weighted by Crippen LogP contribution is 2.34. The van der Waals surface area contributed by atoms with Gasteiger partial charge in [-0.05, 0) is 49.3 Å². The molecule has 1 aromatic rings. The average Bonchev–Trinajstić information content (AvgIpc) is 3.05. The summed E-state index contributed by atoms with van der Waals surface area (Å²) in [6.45, 7) is 4.71. The van der Waals surface area contributed by atoms with Gasteiger partial charge in [-0.3, -0.25) is 4.90 Å². The number of nitrogens with zero attached hydrogens (tertiary/aromatic N) is 1. The molecule has 2 heteroatoms. The molecule has 0 bridgehead atoms. The van der Waals surface area contributed by atoms with Gasteiger partial charge in [0.2, 0.25) is 0 Å². The first kappa shape index (κ1) is 10.2. The fourth-order valence-corrected chi connectivity index (χ4v) is 2.73. The molecule has 1 atom stereocenters. The lowest BCUT2D eigenvalue weighted by molar-refractivity contribution is 0.176. The zero-order valence-electron chi connectivity index (χ0n) is 9.95. The van der Waals surface area contributed by atoms with E-state index < -0.39 is 0 Å². The quantitative estimate of drug-likeness (QED) is 0.769. The Hall–Kier alpha value is -1.02. The van der Waals surface area contributed by atoms with E-state index in [2.05, 4.69) is 24.0 Å². The maximum Gasteiger partial charge on any atom is 0.0350 e. The Morgan fingerprint density at radius 1 is 1.38 bits per heavy atom. The Morgan fingerprint density at radius 2 is 2.19 bits per heavy atom. The van der Waals surface area contributed by atoms with Gasteiger partial charge in [-0.15, -0.1) is 0 Å². The number of nitrogen functional groups attached to an aromatic ring is 1. The normalized spacial score (nSPS) is 25.4. The Labute approximate surface area is 97.4 Å². The van der Waals surface area contributed by atoms with Crippen LogP contribution in [0.1, 0.15) is 30.9 Å². The van der Waals surface area contributed by atoms with Crippen molar-refractivity contribution in [2.24, 2.45) is 5.92 Å². The lowest BCUT2D eigenvalue weighted by Gasteiger charge is -2.35. The smallest absolute Gasteiger partial charge is 0.0350 e. The molecule has 1 aliphatic carbocycles. The van der Waals surface area contributed by atoms with Crippen molar-refractivity contribution >= 4 is 5.69 Å². The molecule has 1 aromatic carbocycles. The van der Waals surface area contributed by atoms with Crippen molar-refractivity contribution in [2.45, 2.75) is 38.8 Å². The first-order chi connectivity index (χ1) is 7.74. The lowest BCUT2D eigenvalue weighted by Crippen LogP contribution is -2.39. The van der Waals surface area contributed by atoms with Crippen LogP contribution in [0.15, 0.2) is 18.2 Å². The molecule has 0 spiro atoms. The minimum atomic E-state index is 0.651. The third-order valence-corrected chi connectivity index (χ3v) is 4.00. The SMILES string of the molecule is CC1Cc2c(N)cccc2CN1CC1CC1. The van der Waals surface area contributed by atoms with E-state index in [-0.39, 0.29) is 0 Å². The molecule has 0 amide bonds. The summed E-state index contributed by atoms with van der Waals surface area (Å²) in [5.74, 6) is 0.977. The minimum absolute atomic E-state index is 0.651. The van der Waals surface area contributed by atoms with E-state index in [1.165, 1.54) is 30.5 Å². The topological polar surface area (TPSA) is 29.3 Å². The van der Waals surface area contributed by atoms with Crippen LogP contribution in [0.25, 0.3) is 0 Å². The van der Waals surface area contributed by atoms with Crippen LogP contribution < -0.4 is 5.73 Å². The van der Waals surface area contributed by atoms with Gasteiger partial charge in [0.15, 0.2) is 0 Å². The fourth-order valence-electron chi connectivity index (χ4n) is 2.73. The summed E-state index contributed by atoms with van der Waals surface area (Å²) in [6, 6.07) is 7.00. The summed E-state index contributed by atoms with van der Waals surface area (Å²) in [4.78, 5) is 2.62. The van der Waals surface area contributed by atoms with Crippen LogP contribution in [0.5, 0.6) is 0 Å². The van der Waals surface area contributed by atoms with Crippen LogP contribution in [-0.4, -0.2) is 17.5 Å². The van der Waals surface area contributed by atoms with Crippen molar-refractivity contribution in [3.63, 3.8) is 0 Å². The third kappa shape index (κ3) is 1.82. The molecule has 2 aliphatic rings. The summed E-state index contributed by atoms with van der Waals surface area (Å²) >= 11 is 0. The summed E-state index contributed by atoms with van der Waals surface area (Å²) in [5.41, 5.74) is 9.86. The maximum absolute atomic E-state index is 6.04. The van der Waals surface area contributed by atoms with Gasteiger partial charge in [0.25, 0.3) is 0 Å². The average molecular weight is 216 g/mol. The molecule has 86 valence electrons. The predicted molar refractivity (Wildman–Crippen MR) is 67.2 cm³/mol. The Morgan fingerprint density at radius 3 is 2.94 bits per heavy atom. The van der Waals surface area contributed by atoms with E-state index in [0.29, 0.717) is 6.04 Å². The number of benzene rings is 1. The molecule has 1 saturated carbocycles. The van der Waals surface area contributed by atoms with E-state index in [1.807, 2.05) is 6.07 Å². The van der Waals surface area contributed by atoms with Gasteiger partial charge in [0, 0.05) is 24.8 Å². The van der Waals surface area contributed by atoms with Gasteiger partial charge in [0.1, 0.15) is 0 Å². The largest absolute Gasteiger partial charge is 0.398 e. The molecule has 0 radical (unpaired) electrons. The van der Waals surface area contributed by atoms with Crippen LogP contribution in [0, 0.1) is 5.92 Å². The summed E-state index contributed by atoms with van der Waals surface area (Å²) in [6.07, 6.45) is 3.99. The molecule has 2 nitrogen and oxygen atoms in total. The van der Waals surface area contributed by atoms with Crippen molar-refractivity contribution in [1.29, 1.82) is 0 Å². The molecular weight excluding hydrogens is 196 g/mol. The second kappa shape index (κ2) is 3.77. The lowest BCUT2D eigenvalue weighted by atomic mass is 9.93. The number of nitrogens with two attached hydrogens (primary N) is 1. The second-order valence-electron chi connectivity index (χ2n) is 5.41. The van der Waals surface area contributed by atoms with Gasteiger partial charge in [-0.1, -0.05) is 12.1 Å². The molecule has 16 heavy (non-hydrogen) atoms. The van der Waals surface area contributed by atoms with Crippen molar-refractivity contribution in [3.8, 4) is 0 Å². The van der Waals surface area contributed by atoms with Gasteiger partial charge in [0.05, 0.1) is 0 Å². The van der Waals surface area contributed by atoms with Crippen molar-refractivity contribution in [3.05, 3.63) is 29.3 Å². The van der Waals surface area contributed by atoms with Crippen LogP contribution in [0.4, 0.5) is 5.69 Å². The van der Waals surface area contributed by atoms with E-state index in [4.69, 9.17) is 5.73 Å². The zero-order valence-corrected chi connectivity index (χ0v) is 9.95. The van der Waals surface area contributed by atoms with E-state index in [9.17, 15) is 0 Å². The minimum Gasteiger partial charge on any atom is -0.398 e. The van der Waals surface area contributed by atoms with Crippen LogP contribution in [0.3, 0.4) is 0 Å². The molecule has 0 aromatic heterocycles. The molecule has 2 N–H and O–H groups in total. The summed E-state index contributed by atoms with van der Waals surface area (Å²) in [5, 5.41) is 0. The number of anilines is 1. The summed E-state index contributed by atoms with van der Waals surface area (Å²) in [7, 11) is 0. The Bertz CT molecular complexity index is 396. The van der Waals surface area contributed by atoms with Gasteiger partial charge in [-0.25, -0.2) is 0 Å². The second-order valence-corrected chi connectivity index (χ2v) is 5.41. The highest BCUT2D eigenvalue weighted by Gasteiger charge is 2.30. The highest BCUT2D eigenvalue weighted by atomic mass is 15.2. The number of rotatable bonds is 2. The first-order valence-corrected chi connectivity index (χ1v) is 6.34. The first-order valence-electron chi connectivity index (χ1n) is 6.34. The summed E-state index contributed by atoms with van der Waals surface area (Å²) < 4.78 is 0. The maximum atomic E-state index is 6.04. The van der Waals surface area contributed by atoms with E-state index >= 15 is 0 Å². The van der Waals surface area contributed by atoms with Crippen molar-refractivity contribution in [1.82, 2.24) is 4.90 Å². The third-order valence-electron chi connectivity index (χ3n) is 4.00. The highest BCUT2D eigenvalue weighted by molar-refractivity contribution is 5.52. The van der Waals surface area contributed by atoms with Crippen molar-refractivity contribution in [2.75, 3.05) is 12.3 Å². The zero-order chi connectivity index (χ0) is 11.1. The number of hydrogen-bond acceptors (Lipinski definition) is 2. The molecule has 0 saturated heterocycles. The van der Waals surface area contributed by atoms with E-state index in [0.717, 1.165) is 24.6 Å².